The molecule has 3 aliphatic carbocycles. The molecule has 3 fully saturated rings. The summed E-state index contributed by atoms with van der Waals surface area (Å²) in [5.74, 6) is -4.98. The fourth-order valence-corrected chi connectivity index (χ4v) is 9.73. The van der Waals surface area contributed by atoms with Gasteiger partial charge in [-0.15, -0.1) is 0 Å². The van der Waals surface area contributed by atoms with Gasteiger partial charge in [-0.25, -0.2) is 9.59 Å². The molecule has 294 valence electrons. The second-order valence-corrected chi connectivity index (χ2v) is 15.7. The summed E-state index contributed by atoms with van der Waals surface area (Å²) in [6, 6.07) is 17.2. The molecule has 0 amide bonds. The molecule has 0 aromatic heterocycles. The first-order valence-electron chi connectivity index (χ1n) is 18.3. The van der Waals surface area contributed by atoms with Crippen molar-refractivity contribution in [3.63, 3.8) is 0 Å². The second kappa shape index (κ2) is 14.7. The molecule has 13 heteroatoms. The fourth-order valence-electron chi connectivity index (χ4n) is 9.73. The van der Waals surface area contributed by atoms with Crippen LogP contribution in [-0.2, 0) is 47.6 Å². The zero-order valence-electron chi connectivity index (χ0n) is 32.0. The average molecular weight is 761 g/mol. The summed E-state index contributed by atoms with van der Waals surface area (Å²) in [7, 11) is 0. The molecule has 2 saturated carbocycles. The van der Waals surface area contributed by atoms with Crippen LogP contribution in [0.5, 0.6) is 0 Å². The number of aliphatic hydroxyl groups is 2. The fraction of sp³-hybridized carbons (Fsp3) is 0.500. The van der Waals surface area contributed by atoms with Crippen molar-refractivity contribution in [2.45, 2.75) is 109 Å². The molecule has 55 heavy (non-hydrogen) atoms. The van der Waals surface area contributed by atoms with E-state index in [1.54, 1.807) is 38.1 Å². The van der Waals surface area contributed by atoms with Gasteiger partial charge < -0.3 is 38.6 Å². The maximum absolute atomic E-state index is 14.1. The smallest absolute Gasteiger partial charge is 0.338 e. The van der Waals surface area contributed by atoms with Gasteiger partial charge in [0.2, 0.25) is 0 Å². The Labute approximate surface area is 319 Å². The number of carbonyl (C=O) groups excluding carboxylic acids is 5. The van der Waals surface area contributed by atoms with E-state index in [4.69, 9.17) is 28.4 Å². The summed E-state index contributed by atoms with van der Waals surface area (Å²) in [5.41, 5.74) is -5.62. The van der Waals surface area contributed by atoms with Crippen molar-refractivity contribution in [2.75, 3.05) is 6.61 Å². The monoisotopic (exact) mass is 760 g/mol. The lowest BCUT2D eigenvalue weighted by Gasteiger charge is -2.65. The van der Waals surface area contributed by atoms with Gasteiger partial charge in [-0.05, 0) is 55.7 Å². The van der Waals surface area contributed by atoms with Gasteiger partial charge in [0.25, 0.3) is 0 Å². The number of hydrogen-bond donors (Lipinski definition) is 2. The van der Waals surface area contributed by atoms with Gasteiger partial charge in [0.1, 0.15) is 36.6 Å². The summed E-state index contributed by atoms with van der Waals surface area (Å²) >= 11 is 0. The minimum atomic E-state index is -1.88. The number of ether oxygens (including phenoxy) is 6. The van der Waals surface area contributed by atoms with Gasteiger partial charge in [-0.3, -0.25) is 14.4 Å². The molecule has 0 spiro atoms. The zero-order chi connectivity index (χ0) is 40.1. The Hall–Kier alpha value is -4.85. The van der Waals surface area contributed by atoms with Crippen LogP contribution in [0.15, 0.2) is 77.9 Å². The highest BCUT2D eigenvalue weighted by atomic mass is 16.6. The largest absolute Gasteiger partial charge is 0.462 e. The van der Waals surface area contributed by atoms with Crippen molar-refractivity contribution in [3.05, 3.63) is 89.0 Å². The molecule has 1 heterocycles. The quantitative estimate of drug-likeness (QED) is 0.160. The number of fused-ring (bicyclic) bond motifs is 4. The van der Waals surface area contributed by atoms with E-state index in [1.165, 1.54) is 52.8 Å². The molecule has 2 aromatic carbocycles. The summed E-state index contributed by atoms with van der Waals surface area (Å²) in [4.78, 5) is 66.7. The maximum Gasteiger partial charge on any atom is 0.338 e. The molecule has 4 aliphatic rings. The molecule has 1 unspecified atom stereocenters. The topological polar surface area (TPSA) is 181 Å². The summed E-state index contributed by atoms with van der Waals surface area (Å²) in [6.45, 7) is 9.64. The molecular weight excluding hydrogens is 712 g/mol. The van der Waals surface area contributed by atoms with E-state index in [0.29, 0.717) is 5.57 Å². The molecule has 2 N–H and O–H groups in total. The molecule has 0 bridgehead atoms. The van der Waals surface area contributed by atoms with Gasteiger partial charge >= 0.3 is 29.8 Å². The van der Waals surface area contributed by atoms with E-state index in [2.05, 4.69) is 0 Å². The number of esters is 5. The molecule has 13 nitrogen and oxygen atoms in total. The third-order valence-corrected chi connectivity index (χ3v) is 12.0. The third kappa shape index (κ3) is 6.76. The Morgan fingerprint density at radius 1 is 0.855 bits per heavy atom. The van der Waals surface area contributed by atoms with Crippen molar-refractivity contribution in [3.8, 4) is 0 Å². The third-order valence-electron chi connectivity index (χ3n) is 12.0. The van der Waals surface area contributed by atoms with Crippen LogP contribution in [0.2, 0.25) is 0 Å². The van der Waals surface area contributed by atoms with Gasteiger partial charge in [-0.2, -0.15) is 0 Å². The Kier molecular flexibility index (Phi) is 10.6. The number of hydrogen-bond acceptors (Lipinski definition) is 13. The first-order chi connectivity index (χ1) is 25.9. The van der Waals surface area contributed by atoms with Gasteiger partial charge in [0.05, 0.1) is 34.5 Å². The number of rotatable bonds is 9. The highest BCUT2D eigenvalue weighted by Gasteiger charge is 2.80. The highest BCUT2D eigenvalue weighted by molar-refractivity contribution is 5.89. The number of benzene rings is 2. The molecule has 10 atom stereocenters. The van der Waals surface area contributed by atoms with Crippen molar-refractivity contribution in [2.24, 2.45) is 16.7 Å². The second-order valence-electron chi connectivity index (χ2n) is 15.7. The van der Waals surface area contributed by atoms with Crippen LogP contribution >= 0.6 is 0 Å². The minimum Gasteiger partial charge on any atom is -0.462 e. The van der Waals surface area contributed by atoms with Crippen LogP contribution in [0, 0.1) is 16.7 Å². The molecule has 2 aromatic rings. The standard InChI is InChI=1S/C42H48O13/c1-23-29(53-32(46)19-18-27-14-10-8-11-15-27)21-41(39(5,6)49)33(23)34(47)36(54-38(48)28-16-12-9-13-17-28)40(7)30(51-24(2)43)20-31-42(22-50-31,55-26(4)45)35(40)37(41)52-25(3)44/h8-19,29-31,34-37,47,49H,20-22H2,1-7H3/b19-18+/t29-,30-,31+,34+,35?,36-,37-,40+,41-,42-/m0/s1. The van der Waals surface area contributed by atoms with E-state index >= 15 is 0 Å². The Balaban J connectivity index is 1.62. The van der Waals surface area contributed by atoms with Crippen LogP contribution in [0.4, 0.5) is 0 Å². The summed E-state index contributed by atoms with van der Waals surface area (Å²) < 4.78 is 36.9. The minimum absolute atomic E-state index is 0.0414. The van der Waals surface area contributed by atoms with E-state index in [-0.39, 0.29) is 30.6 Å². The maximum atomic E-state index is 14.1. The van der Waals surface area contributed by atoms with Crippen LogP contribution < -0.4 is 0 Å². The first kappa shape index (κ1) is 39.8. The molecular formula is C42H48O13. The van der Waals surface area contributed by atoms with Crippen molar-refractivity contribution < 1.29 is 62.6 Å². The number of carbonyl (C=O) groups is 5. The van der Waals surface area contributed by atoms with Gasteiger partial charge in [0, 0.05) is 39.7 Å². The lowest BCUT2D eigenvalue weighted by molar-refractivity contribution is -0.352. The molecule has 0 radical (unpaired) electrons. The van der Waals surface area contributed by atoms with Crippen LogP contribution in [0.3, 0.4) is 0 Å². The highest BCUT2D eigenvalue weighted by Crippen LogP contribution is 2.68. The zero-order valence-corrected chi connectivity index (χ0v) is 32.0. The number of aliphatic hydroxyl groups excluding tert-OH is 1. The SMILES string of the molecule is CC(=O)O[C@H]1C[C@H]2OC[C@@]2(OC(C)=O)C2[C@H](OC(C)=O)[C@]3(C(C)(C)O)C[C@H](OC(=O)/C=C/c4ccccc4)C(C)=C3[C@@H](O)[C@H](OC(=O)c3ccccc3)[C@@]21C. The average Bonchev–Trinajstić information content (AvgIpc) is 3.38. The van der Waals surface area contributed by atoms with E-state index in [9.17, 15) is 34.2 Å². The van der Waals surface area contributed by atoms with Crippen molar-refractivity contribution >= 4 is 35.9 Å². The normalized spacial score (nSPS) is 33.9. The van der Waals surface area contributed by atoms with Gasteiger partial charge in [-0.1, -0.05) is 55.5 Å². The molecule has 1 aliphatic heterocycles. The predicted octanol–water partition coefficient (Wildman–Crippen LogP) is 4.28. The Morgan fingerprint density at radius 2 is 1.47 bits per heavy atom. The van der Waals surface area contributed by atoms with E-state index in [1.807, 2.05) is 30.3 Å². The van der Waals surface area contributed by atoms with Crippen LogP contribution in [0.1, 0.15) is 77.2 Å². The Morgan fingerprint density at radius 3 is 2.02 bits per heavy atom. The predicted molar refractivity (Wildman–Crippen MR) is 195 cm³/mol. The van der Waals surface area contributed by atoms with Crippen LogP contribution in [0.25, 0.3) is 6.08 Å². The summed E-state index contributed by atoms with van der Waals surface area (Å²) in [5, 5.41) is 25.4. The molecule has 1 saturated heterocycles. The molecule has 6 rings (SSSR count). The van der Waals surface area contributed by atoms with Crippen LogP contribution in [-0.4, -0.2) is 94.5 Å². The van der Waals surface area contributed by atoms with E-state index < -0.39 is 94.4 Å². The first-order valence-corrected chi connectivity index (χ1v) is 18.3. The van der Waals surface area contributed by atoms with Gasteiger partial charge in [0.15, 0.2) is 5.60 Å². The Bertz CT molecular complexity index is 1900. The lowest BCUT2D eigenvalue weighted by Crippen LogP contribution is -2.79. The summed E-state index contributed by atoms with van der Waals surface area (Å²) in [6.07, 6.45) is -5.40. The van der Waals surface area contributed by atoms with Crippen molar-refractivity contribution in [1.29, 1.82) is 0 Å². The lowest BCUT2D eigenvalue weighted by atomic mass is 9.49. The van der Waals surface area contributed by atoms with Crippen molar-refractivity contribution in [1.82, 2.24) is 0 Å². The van der Waals surface area contributed by atoms with E-state index in [0.717, 1.165) is 5.56 Å².